The Morgan fingerprint density at radius 1 is 1.39 bits per heavy atom. The van der Waals surface area contributed by atoms with Gasteiger partial charge in [-0.2, -0.15) is 0 Å². The summed E-state index contributed by atoms with van der Waals surface area (Å²) in [5.74, 6) is 0.623. The summed E-state index contributed by atoms with van der Waals surface area (Å²) in [5, 5.41) is 3.02. The van der Waals surface area contributed by atoms with Gasteiger partial charge in [0.25, 0.3) is 5.56 Å². The van der Waals surface area contributed by atoms with Gasteiger partial charge in [0.15, 0.2) is 0 Å². The lowest BCUT2D eigenvalue weighted by molar-refractivity contribution is 0.568. The van der Waals surface area contributed by atoms with Gasteiger partial charge in [-0.25, -0.2) is 13.4 Å². The lowest BCUT2D eigenvalue weighted by Gasteiger charge is -2.15. The number of H-pyrrole nitrogens is 1. The maximum atomic E-state index is 11.8. The van der Waals surface area contributed by atoms with Crippen molar-refractivity contribution >= 4 is 9.84 Å². The summed E-state index contributed by atoms with van der Waals surface area (Å²) in [6, 6.07) is -0.233. The van der Waals surface area contributed by atoms with Gasteiger partial charge in [0, 0.05) is 24.5 Å². The van der Waals surface area contributed by atoms with E-state index >= 15 is 0 Å². The number of rotatable bonds is 5. The van der Waals surface area contributed by atoms with E-state index in [9.17, 15) is 13.2 Å². The van der Waals surface area contributed by atoms with Crippen LogP contribution in [0.2, 0.25) is 0 Å². The van der Waals surface area contributed by atoms with E-state index in [4.69, 9.17) is 0 Å². The zero-order chi connectivity index (χ0) is 13.9. The van der Waals surface area contributed by atoms with E-state index in [0.29, 0.717) is 23.6 Å². The molecule has 1 atom stereocenters. The first-order valence-electron chi connectivity index (χ1n) is 5.69. The van der Waals surface area contributed by atoms with Gasteiger partial charge in [-0.3, -0.25) is 4.79 Å². The lowest BCUT2D eigenvalue weighted by Crippen LogP contribution is -2.30. The number of aryl methyl sites for hydroxylation is 2. The Kier molecular flexibility index (Phi) is 4.64. The molecule has 0 aromatic carbocycles. The van der Waals surface area contributed by atoms with E-state index in [2.05, 4.69) is 15.3 Å². The standard InChI is InChI=1S/C11H19N3O3S/c1-7(12-5-6-18(4,16)17)10-8(2)13-9(3)14-11(10)15/h7,12H,5-6H2,1-4H3,(H,13,14,15). The molecule has 0 saturated heterocycles. The predicted molar refractivity (Wildman–Crippen MR) is 70.5 cm³/mol. The van der Waals surface area contributed by atoms with Gasteiger partial charge < -0.3 is 10.3 Å². The predicted octanol–water partition coefficient (Wildman–Crippen LogP) is 0.0819. The SMILES string of the molecule is Cc1nc(C)c(C(C)NCCS(C)(=O)=O)c(=O)[nH]1. The number of hydrogen-bond donors (Lipinski definition) is 2. The largest absolute Gasteiger partial charge is 0.310 e. The fourth-order valence-electron chi connectivity index (χ4n) is 1.81. The van der Waals surface area contributed by atoms with Crippen molar-refractivity contribution in [2.24, 2.45) is 0 Å². The van der Waals surface area contributed by atoms with Crippen molar-refractivity contribution in [1.82, 2.24) is 15.3 Å². The fourth-order valence-corrected chi connectivity index (χ4v) is 2.30. The summed E-state index contributed by atoms with van der Waals surface area (Å²) in [6.07, 6.45) is 1.19. The number of aromatic nitrogens is 2. The normalized spacial score (nSPS) is 13.6. The molecule has 18 heavy (non-hydrogen) atoms. The highest BCUT2D eigenvalue weighted by Gasteiger charge is 2.14. The van der Waals surface area contributed by atoms with Gasteiger partial charge in [-0.05, 0) is 20.8 Å². The molecule has 0 saturated carbocycles. The Labute approximate surface area is 107 Å². The number of aromatic amines is 1. The van der Waals surface area contributed by atoms with Crippen LogP contribution in [0.4, 0.5) is 0 Å². The highest BCUT2D eigenvalue weighted by molar-refractivity contribution is 7.90. The second-order valence-electron chi connectivity index (χ2n) is 4.46. The van der Waals surface area contributed by atoms with Gasteiger partial charge in [0.1, 0.15) is 15.7 Å². The first kappa shape index (κ1) is 14.8. The van der Waals surface area contributed by atoms with Crippen LogP contribution in [0.5, 0.6) is 0 Å². The molecule has 6 nitrogen and oxygen atoms in total. The molecule has 0 fully saturated rings. The van der Waals surface area contributed by atoms with Crippen molar-refractivity contribution in [2.45, 2.75) is 26.8 Å². The summed E-state index contributed by atoms with van der Waals surface area (Å²) >= 11 is 0. The van der Waals surface area contributed by atoms with Crippen molar-refractivity contribution in [2.75, 3.05) is 18.6 Å². The molecule has 0 radical (unpaired) electrons. The lowest BCUT2D eigenvalue weighted by atomic mass is 10.1. The minimum Gasteiger partial charge on any atom is -0.310 e. The molecular formula is C11H19N3O3S. The van der Waals surface area contributed by atoms with Gasteiger partial charge in [0.05, 0.1) is 11.3 Å². The Morgan fingerprint density at radius 3 is 2.50 bits per heavy atom. The average molecular weight is 273 g/mol. The van der Waals surface area contributed by atoms with Gasteiger partial charge in [0.2, 0.25) is 0 Å². The van der Waals surface area contributed by atoms with E-state index in [1.54, 1.807) is 13.8 Å². The zero-order valence-electron chi connectivity index (χ0n) is 11.1. The summed E-state index contributed by atoms with van der Waals surface area (Å²) in [7, 11) is -2.99. The first-order valence-corrected chi connectivity index (χ1v) is 7.75. The fraction of sp³-hybridized carbons (Fsp3) is 0.636. The van der Waals surface area contributed by atoms with Crippen LogP contribution in [0, 0.1) is 13.8 Å². The number of sulfone groups is 1. The number of nitrogens with zero attached hydrogens (tertiary/aromatic N) is 1. The van der Waals surface area contributed by atoms with Crippen molar-refractivity contribution in [3.8, 4) is 0 Å². The monoisotopic (exact) mass is 273 g/mol. The highest BCUT2D eigenvalue weighted by Crippen LogP contribution is 2.10. The van der Waals surface area contributed by atoms with Crippen LogP contribution in [0.3, 0.4) is 0 Å². The molecule has 102 valence electrons. The molecule has 1 aromatic heterocycles. The molecule has 1 rings (SSSR count). The average Bonchev–Trinajstić information content (AvgIpc) is 2.13. The van der Waals surface area contributed by atoms with Crippen LogP contribution in [-0.2, 0) is 9.84 Å². The van der Waals surface area contributed by atoms with E-state index in [1.807, 2.05) is 6.92 Å². The van der Waals surface area contributed by atoms with E-state index in [-0.39, 0.29) is 17.4 Å². The second-order valence-corrected chi connectivity index (χ2v) is 6.72. The van der Waals surface area contributed by atoms with Crippen LogP contribution in [0.15, 0.2) is 4.79 Å². The van der Waals surface area contributed by atoms with Gasteiger partial charge >= 0.3 is 0 Å². The minimum atomic E-state index is -2.99. The van der Waals surface area contributed by atoms with E-state index in [0.717, 1.165) is 0 Å². The summed E-state index contributed by atoms with van der Waals surface area (Å²) in [4.78, 5) is 18.6. The first-order chi connectivity index (χ1) is 8.20. The van der Waals surface area contributed by atoms with Crippen molar-refractivity contribution < 1.29 is 8.42 Å². The summed E-state index contributed by atoms with van der Waals surface area (Å²) in [6.45, 7) is 5.62. The molecule has 1 heterocycles. The van der Waals surface area contributed by atoms with Crippen molar-refractivity contribution in [3.05, 3.63) is 27.4 Å². The Bertz CT molecular complexity index is 578. The van der Waals surface area contributed by atoms with Crippen LogP contribution < -0.4 is 10.9 Å². The molecular weight excluding hydrogens is 254 g/mol. The molecule has 0 aliphatic heterocycles. The Morgan fingerprint density at radius 2 is 2.00 bits per heavy atom. The highest BCUT2D eigenvalue weighted by atomic mass is 32.2. The van der Waals surface area contributed by atoms with Gasteiger partial charge in [-0.1, -0.05) is 0 Å². The smallest absolute Gasteiger partial charge is 0.255 e. The molecule has 0 amide bonds. The molecule has 0 aliphatic rings. The van der Waals surface area contributed by atoms with E-state index in [1.165, 1.54) is 6.26 Å². The Hall–Kier alpha value is -1.21. The molecule has 0 aliphatic carbocycles. The topological polar surface area (TPSA) is 91.9 Å². The van der Waals surface area contributed by atoms with Crippen LogP contribution in [0.1, 0.15) is 30.0 Å². The van der Waals surface area contributed by atoms with E-state index < -0.39 is 9.84 Å². The number of hydrogen-bond acceptors (Lipinski definition) is 5. The summed E-state index contributed by atoms with van der Waals surface area (Å²) < 4.78 is 22.0. The third kappa shape index (κ3) is 4.23. The van der Waals surface area contributed by atoms with Crippen molar-refractivity contribution in [3.63, 3.8) is 0 Å². The quantitative estimate of drug-likeness (QED) is 0.793. The molecule has 2 N–H and O–H groups in total. The molecule has 0 bridgehead atoms. The molecule has 7 heteroatoms. The van der Waals surface area contributed by atoms with Gasteiger partial charge in [-0.15, -0.1) is 0 Å². The Balaban J connectivity index is 2.79. The third-order valence-electron chi connectivity index (χ3n) is 2.62. The minimum absolute atomic E-state index is 0.0492. The maximum Gasteiger partial charge on any atom is 0.255 e. The summed E-state index contributed by atoms with van der Waals surface area (Å²) in [5.41, 5.74) is 1.03. The van der Waals surface area contributed by atoms with Crippen LogP contribution >= 0.6 is 0 Å². The van der Waals surface area contributed by atoms with Crippen LogP contribution in [-0.4, -0.2) is 36.9 Å². The molecule has 1 unspecified atom stereocenters. The third-order valence-corrected chi connectivity index (χ3v) is 3.57. The maximum absolute atomic E-state index is 11.8. The molecule has 0 spiro atoms. The number of nitrogens with one attached hydrogen (secondary N) is 2. The second kappa shape index (κ2) is 5.62. The van der Waals surface area contributed by atoms with Crippen molar-refractivity contribution in [1.29, 1.82) is 0 Å². The van der Waals surface area contributed by atoms with Crippen LogP contribution in [0.25, 0.3) is 0 Å². The zero-order valence-corrected chi connectivity index (χ0v) is 11.9. The molecule has 1 aromatic rings.